The lowest BCUT2D eigenvalue weighted by molar-refractivity contribution is 0.244. The van der Waals surface area contributed by atoms with E-state index in [0.717, 1.165) is 4.80 Å². The number of aromatic nitrogens is 3. The second-order valence-corrected chi connectivity index (χ2v) is 2.51. The van der Waals surface area contributed by atoms with E-state index in [1.54, 1.807) is 18.4 Å². The Morgan fingerprint density at radius 2 is 2.38 bits per heavy atom. The molecule has 6 heteroatoms. The highest BCUT2D eigenvalue weighted by atomic mass is 16.2. The second-order valence-electron chi connectivity index (χ2n) is 2.51. The van der Waals surface area contributed by atoms with Crippen LogP contribution < -0.4 is 5.73 Å². The lowest BCUT2D eigenvalue weighted by atomic mass is 10.3. The van der Waals surface area contributed by atoms with Crippen LogP contribution in [-0.2, 0) is 6.54 Å². The fraction of sp³-hybridized carbons (Fsp3) is 0.143. The third-order valence-electron chi connectivity index (χ3n) is 1.60. The van der Waals surface area contributed by atoms with Crippen LogP contribution in [0.5, 0.6) is 0 Å². The van der Waals surface area contributed by atoms with Crippen LogP contribution in [0.4, 0.5) is 4.79 Å². The number of amides is 1. The smallest absolute Gasteiger partial charge is 0.348 e. The summed E-state index contributed by atoms with van der Waals surface area (Å²) in [6.07, 6.45) is 5.14. The molecule has 1 aromatic rings. The van der Waals surface area contributed by atoms with Crippen molar-refractivity contribution >= 4 is 18.3 Å². The minimum atomic E-state index is -0.689. The molecule has 0 bridgehead atoms. The van der Waals surface area contributed by atoms with Crippen molar-refractivity contribution in [2.24, 2.45) is 10.7 Å². The number of hydrogen-bond donors (Lipinski definition) is 1. The molecule has 1 aliphatic heterocycles. The van der Waals surface area contributed by atoms with E-state index in [-0.39, 0.29) is 0 Å². The number of carbonyl (C=O) groups is 1. The average molecular weight is 177 g/mol. The molecule has 66 valence electrons. The largest absolute Gasteiger partial charge is 0.356 e. The molecular formula is C7H7N5O. The van der Waals surface area contributed by atoms with Crippen LogP contribution >= 0.6 is 0 Å². The predicted octanol–water partition coefficient (Wildman–Crippen LogP) is -0.198. The number of nitrogens with two attached hydrogens (primary N) is 1. The summed E-state index contributed by atoms with van der Waals surface area (Å²) in [6.45, 7) is 0.426. The van der Waals surface area contributed by atoms with Gasteiger partial charge in [0.2, 0.25) is 0 Å². The molecule has 6 nitrogen and oxygen atoms in total. The first-order valence-corrected chi connectivity index (χ1v) is 3.70. The van der Waals surface area contributed by atoms with Crippen molar-refractivity contribution in [2.75, 3.05) is 0 Å². The zero-order valence-electron chi connectivity index (χ0n) is 6.71. The zero-order valence-corrected chi connectivity index (χ0v) is 6.71. The van der Waals surface area contributed by atoms with Gasteiger partial charge in [-0.3, -0.25) is 4.99 Å². The Labute approximate surface area is 73.8 Å². The van der Waals surface area contributed by atoms with Crippen LogP contribution in [0.25, 0.3) is 6.08 Å². The highest BCUT2D eigenvalue weighted by Gasteiger charge is 2.11. The molecule has 2 rings (SSSR count). The molecule has 0 saturated heterocycles. The maximum absolute atomic E-state index is 10.7. The van der Waals surface area contributed by atoms with Gasteiger partial charge in [-0.15, -0.1) is 10.2 Å². The molecule has 2 N–H and O–H groups in total. The van der Waals surface area contributed by atoms with Crippen molar-refractivity contribution in [2.45, 2.75) is 6.54 Å². The molecule has 0 saturated carbocycles. The van der Waals surface area contributed by atoms with Gasteiger partial charge < -0.3 is 5.73 Å². The summed E-state index contributed by atoms with van der Waals surface area (Å²) in [5.74, 6) is 0. The number of nitrogens with zero attached hydrogens (tertiary/aromatic N) is 4. The van der Waals surface area contributed by atoms with Crippen molar-refractivity contribution in [1.82, 2.24) is 15.0 Å². The minimum absolute atomic E-state index is 0.426. The first-order valence-electron chi connectivity index (χ1n) is 3.70. The summed E-state index contributed by atoms with van der Waals surface area (Å²) < 4.78 is 0. The summed E-state index contributed by atoms with van der Waals surface area (Å²) in [5.41, 5.74) is 6.29. The van der Waals surface area contributed by atoms with Gasteiger partial charge in [0.05, 0.1) is 6.54 Å². The molecule has 0 atom stereocenters. The van der Waals surface area contributed by atoms with Gasteiger partial charge >= 0.3 is 6.03 Å². The van der Waals surface area contributed by atoms with Crippen molar-refractivity contribution in [3.05, 3.63) is 17.5 Å². The SMILES string of the molecule is NC(=O)n1nc2c(n1)CN=CC=C2. The van der Waals surface area contributed by atoms with Gasteiger partial charge in [0.1, 0.15) is 11.4 Å². The molecule has 0 unspecified atom stereocenters. The van der Waals surface area contributed by atoms with Crippen molar-refractivity contribution in [1.29, 1.82) is 0 Å². The molecule has 2 heterocycles. The number of fused-ring (bicyclic) bond motifs is 1. The van der Waals surface area contributed by atoms with Crippen LogP contribution in [0.3, 0.4) is 0 Å². The monoisotopic (exact) mass is 177 g/mol. The Balaban J connectivity index is 2.46. The van der Waals surface area contributed by atoms with Crippen LogP contribution in [0, 0.1) is 0 Å². The number of primary amides is 1. The summed E-state index contributed by atoms with van der Waals surface area (Å²) in [5, 5.41) is 7.75. The molecule has 0 spiro atoms. The van der Waals surface area contributed by atoms with E-state index in [0.29, 0.717) is 17.9 Å². The summed E-state index contributed by atoms with van der Waals surface area (Å²) in [4.78, 5) is 15.6. The Kier molecular flexibility index (Phi) is 1.66. The molecule has 0 fully saturated rings. The van der Waals surface area contributed by atoms with E-state index in [1.807, 2.05) is 0 Å². The number of hydrogen-bond acceptors (Lipinski definition) is 4. The van der Waals surface area contributed by atoms with Crippen molar-refractivity contribution in [3.63, 3.8) is 0 Å². The maximum atomic E-state index is 10.7. The molecule has 0 aliphatic carbocycles. The second kappa shape index (κ2) is 2.81. The van der Waals surface area contributed by atoms with Gasteiger partial charge in [-0.05, 0) is 12.2 Å². The van der Waals surface area contributed by atoms with Gasteiger partial charge in [-0.2, -0.15) is 0 Å². The number of rotatable bonds is 0. The molecule has 0 radical (unpaired) electrons. The van der Waals surface area contributed by atoms with E-state index in [9.17, 15) is 4.79 Å². The molecule has 1 aromatic heterocycles. The Hall–Kier alpha value is -1.98. The van der Waals surface area contributed by atoms with Crippen LogP contribution in [0.1, 0.15) is 11.4 Å². The van der Waals surface area contributed by atoms with Crippen LogP contribution in [0.15, 0.2) is 11.1 Å². The molecular weight excluding hydrogens is 170 g/mol. The Bertz CT molecular complexity index is 403. The molecule has 1 amide bonds. The molecule has 13 heavy (non-hydrogen) atoms. The lowest BCUT2D eigenvalue weighted by Gasteiger charge is -1.87. The van der Waals surface area contributed by atoms with E-state index < -0.39 is 6.03 Å². The normalized spacial score (nSPS) is 13.8. The number of allylic oxidation sites excluding steroid dienone is 1. The van der Waals surface area contributed by atoms with Gasteiger partial charge in [0.15, 0.2) is 0 Å². The topological polar surface area (TPSA) is 86.2 Å². The minimum Gasteiger partial charge on any atom is -0.348 e. The highest BCUT2D eigenvalue weighted by molar-refractivity contribution is 5.79. The van der Waals surface area contributed by atoms with Gasteiger partial charge in [0.25, 0.3) is 0 Å². The zero-order chi connectivity index (χ0) is 9.26. The summed E-state index contributed by atoms with van der Waals surface area (Å²) in [6, 6.07) is -0.689. The maximum Gasteiger partial charge on any atom is 0.356 e. The van der Waals surface area contributed by atoms with E-state index in [4.69, 9.17) is 5.73 Å². The number of carbonyl (C=O) groups excluding carboxylic acids is 1. The fourth-order valence-corrected chi connectivity index (χ4v) is 1.02. The fourth-order valence-electron chi connectivity index (χ4n) is 1.02. The van der Waals surface area contributed by atoms with Crippen LogP contribution in [-0.4, -0.2) is 27.2 Å². The first kappa shape index (κ1) is 7.66. The highest BCUT2D eigenvalue weighted by Crippen LogP contribution is 2.08. The van der Waals surface area contributed by atoms with Crippen LogP contribution in [0.2, 0.25) is 0 Å². The number of aliphatic imine (C=N–C) groups is 1. The average Bonchev–Trinajstić information content (AvgIpc) is 2.38. The standard InChI is InChI=1S/C7H7N5O/c8-7(13)12-10-5-2-1-3-9-4-6(5)11-12/h1-3H,4H2,(H2,8,13). The predicted molar refractivity (Wildman–Crippen MR) is 46.2 cm³/mol. The molecule has 1 aliphatic rings. The third kappa shape index (κ3) is 1.33. The first-order chi connectivity index (χ1) is 6.27. The van der Waals surface area contributed by atoms with Gasteiger partial charge in [0, 0.05) is 6.21 Å². The lowest BCUT2D eigenvalue weighted by Crippen LogP contribution is -2.22. The quantitative estimate of drug-likeness (QED) is 0.595. The summed E-state index contributed by atoms with van der Waals surface area (Å²) in [7, 11) is 0. The van der Waals surface area contributed by atoms with Gasteiger partial charge in [-0.1, -0.05) is 4.80 Å². The van der Waals surface area contributed by atoms with E-state index >= 15 is 0 Å². The van der Waals surface area contributed by atoms with Crippen molar-refractivity contribution in [3.8, 4) is 0 Å². The molecule has 0 aromatic carbocycles. The summed E-state index contributed by atoms with van der Waals surface area (Å²) >= 11 is 0. The third-order valence-corrected chi connectivity index (χ3v) is 1.60. The van der Waals surface area contributed by atoms with E-state index in [1.165, 1.54) is 0 Å². The Morgan fingerprint density at radius 1 is 1.54 bits per heavy atom. The van der Waals surface area contributed by atoms with Crippen molar-refractivity contribution < 1.29 is 4.79 Å². The van der Waals surface area contributed by atoms with E-state index in [2.05, 4.69) is 15.2 Å². The van der Waals surface area contributed by atoms with Gasteiger partial charge in [-0.25, -0.2) is 4.79 Å². The Morgan fingerprint density at radius 3 is 3.15 bits per heavy atom.